The van der Waals surface area contributed by atoms with Crippen molar-refractivity contribution < 1.29 is 0 Å². The van der Waals surface area contributed by atoms with E-state index in [1.807, 2.05) is 19.2 Å². The Hall–Kier alpha value is -1.53. The molecule has 20 heavy (non-hydrogen) atoms. The lowest BCUT2D eigenvalue weighted by molar-refractivity contribution is 1.02. The molecule has 0 radical (unpaired) electrons. The summed E-state index contributed by atoms with van der Waals surface area (Å²) in [6.45, 7) is 6.70. The van der Waals surface area contributed by atoms with Crippen molar-refractivity contribution in [2.75, 3.05) is 5.32 Å². The first-order chi connectivity index (χ1) is 9.83. The smallest absolute Gasteiger partial charge is 0.206 e. The second-order valence-electron chi connectivity index (χ2n) is 3.87. The quantitative estimate of drug-likeness (QED) is 0.822. The summed E-state index contributed by atoms with van der Waals surface area (Å²) in [5.41, 5.74) is 2.36. The first-order valence-corrected chi connectivity index (χ1v) is 8.25. The van der Waals surface area contributed by atoms with Crippen LogP contribution in [0.15, 0.2) is 39.7 Å². The number of benzene rings is 1. The molecule has 1 aliphatic heterocycles. The van der Waals surface area contributed by atoms with Gasteiger partial charge in [0.2, 0.25) is 5.96 Å². The van der Waals surface area contributed by atoms with Gasteiger partial charge in [-0.15, -0.1) is 11.3 Å². The number of fused-ring (bicyclic) bond motifs is 1. The average molecular weight is 306 g/mol. The molecule has 0 fully saturated rings. The van der Waals surface area contributed by atoms with Crippen molar-refractivity contribution in [2.24, 2.45) is 4.99 Å². The molecule has 0 aliphatic carbocycles. The summed E-state index contributed by atoms with van der Waals surface area (Å²) < 4.78 is 3.20. The van der Waals surface area contributed by atoms with E-state index in [4.69, 9.17) is 0 Å². The van der Waals surface area contributed by atoms with Gasteiger partial charge in [-0.1, -0.05) is 26.0 Å². The lowest BCUT2D eigenvalue weighted by Gasteiger charge is -2.21. The predicted octanol–water partition coefficient (Wildman–Crippen LogP) is 4.06. The summed E-state index contributed by atoms with van der Waals surface area (Å²) in [5.74, 6) is 0.789. The molecule has 3 rings (SSSR count). The molecule has 4 nitrogen and oxygen atoms in total. The lowest BCUT2D eigenvalue weighted by Crippen LogP contribution is -2.29. The van der Waals surface area contributed by atoms with Crippen molar-refractivity contribution in [1.29, 1.82) is 0 Å². The Kier molecular flexibility index (Phi) is 5.43. The van der Waals surface area contributed by atoms with Gasteiger partial charge in [0.15, 0.2) is 0 Å². The predicted molar refractivity (Wildman–Crippen MR) is 88.4 cm³/mol. The molecule has 2 heterocycles. The van der Waals surface area contributed by atoms with Crippen LogP contribution in [0.5, 0.6) is 0 Å². The molecule has 6 heteroatoms. The standard InChI is InChI=1S/C12H12N4S2.C2H6/c1-8-3-2-4-9-11(8)15-12(16-18-9)14-7-10-13-5-6-17-10;1-2/h2-6H,7H2,1H3,(H2,14,15,16);1-2H3. The van der Waals surface area contributed by atoms with Crippen LogP contribution in [0, 0.1) is 6.92 Å². The van der Waals surface area contributed by atoms with Crippen LogP contribution in [-0.2, 0) is 6.54 Å². The fourth-order valence-corrected chi connectivity index (χ4v) is 3.01. The summed E-state index contributed by atoms with van der Waals surface area (Å²) in [7, 11) is 0. The van der Waals surface area contributed by atoms with E-state index in [0.717, 1.165) is 16.7 Å². The first-order valence-electron chi connectivity index (χ1n) is 6.55. The Labute approximate surface area is 127 Å². The van der Waals surface area contributed by atoms with Gasteiger partial charge in [0.1, 0.15) is 5.01 Å². The maximum absolute atomic E-state index is 4.49. The van der Waals surface area contributed by atoms with E-state index in [0.29, 0.717) is 6.54 Å². The van der Waals surface area contributed by atoms with Crippen molar-refractivity contribution in [2.45, 2.75) is 32.2 Å². The third kappa shape index (κ3) is 3.52. The third-order valence-corrected chi connectivity index (χ3v) is 4.21. The average Bonchev–Trinajstić information content (AvgIpc) is 3.01. The Morgan fingerprint density at radius 2 is 2.15 bits per heavy atom. The van der Waals surface area contributed by atoms with E-state index in [1.54, 1.807) is 29.5 Å². The highest BCUT2D eigenvalue weighted by molar-refractivity contribution is 7.98. The Morgan fingerprint density at radius 1 is 1.30 bits per heavy atom. The zero-order chi connectivity index (χ0) is 14.4. The van der Waals surface area contributed by atoms with Crippen molar-refractivity contribution in [3.05, 3.63) is 40.3 Å². The number of anilines is 1. The summed E-state index contributed by atoms with van der Waals surface area (Å²) in [6.07, 6.45) is 1.80. The van der Waals surface area contributed by atoms with Gasteiger partial charge >= 0.3 is 0 Å². The lowest BCUT2D eigenvalue weighted by atomic mass is 10.2. The van der Waals surface area contributed by atoms with Crippen LogP contribution in [0.4, 0.5) is 5.69 Å². The van der Waals surface area contributed by atoms with Gasteiger partial charge in [0.25, 0.3) is 0 Å². The number of thiazole rings is 1. The molecular formula is C14H18N4S2. The number of guanidine groups is 1. The summed E-state index contributed by atoms with van der Waals surface area (Å²) >= 11 is 3.21. The Bertz CT molecular complexity index is 579. The largest absolute Gasteiger partial charge is 0.324 e. The fraction of sp³-hybridized carbons (Fsp3) is 0.286. The van der Waals surface area contributed by atoms with Crippen molar-refractivity contribution in [1.82, 2.24) is 9.71 Å². The van der Waals surface area contributed by atoms with Crippen LogP contribution in [-0.4, -0.2) is 10.9 Å². The number of nitrogens with zero attached hydrogens (tertiary/aromatic N) is 2. The molecule has 0 atom stereocenters. The molecule has 0 saturated carbocycles. The second-order valence-corrected chi connectivity index (χ2v) is 5.70. The van der Waals surface area contributed by atoms with Gasteiger partial charge in [-0.25, -0.2) is 9.98 Å². The van der Waals surface area contributed by atoms with Crippen molar-refractivity contribution in [3.8, 4) is 0 Å². The highest BCUT2D eigenvalue weighted by Crippen LogP contribution is 2.31. The zero-order valence-electron chi connectivity index (χ0n) is 11.8. The van der Waals surface area contributed by atoms with E-state index in [-0.39, 0.29) is 0 Å². The number of hydrogen-bond donors (Lipinski definition) is 2. The van der Waals surface area contributed by atoms with E-state index in [1.165, 1.54) is 10.5 Å². The van der Waals surface area contributed by atoms with Gasteiger partial charge in [-0.2, -0.15) is 0 Å². The molecule has 0 bridgehead atoms. The number of nitrogens with one attached hydrogen (secondary N) is 2. The zero-order valence-corrected chi connectivity index (χ0v) is 13.4. The number of hydrogen-bond acceptors (Lipinski definition) is 4. The molecule has 106 valence electrons. The Balaban J connectivity index is 0.000000704. The highest BCUT2D eigenvalue weighted by Gasteiger charge is 2.14. The monoisotopic (exact) mass is 306 g/mol. The number of rotatable bonds is 2. The minimum Gasteiger partial charge on any atom is -0.324 e. The van der Waals surface area contributed by atoms with Gasteiger partial charge in [0, 0.05) is 11.6 Å². The van der Waals surface area contributed by atoms with Crippen LogP contribution in [0.25, 0.3) is 0 Å². The minimum atomic E-state index is 0.606. The van der Waals surface area contributed by atoms with Gasteiger partial charge in [-0.05, 0) is 30.5 Å². The number of aryl methyl sites for hydroxylation is 1. The first kappa shape index (κ1) is 14.9. The molecule has 0 spiro atoms. The molecule has 2 N–H and O–H groups in total. The van der Waals surface area contributed by atoms with Gasteiger partial charge in [0.05, 0.1) is 17.1 Å². The van der Waals surface area contributed by atoms with Gasteiger partial charge < -0.3 is 5.32 Å². The van der Waals surface area contributed by atoms with Crippen molar-refractivity contribution in [3.63, 3.8) is 0 Å². The van der Waals surface area contributed by atoms with Crippen LogP contribution >= 0.6 is 23.3 Å². The summed E-state index contributed by atoms with van der Waals surface area (Å²) in [5, 5.41) is 6.31. The van der Waals surface area contributed by atoms with E-state index < -0.39 is 0 Å². The molecule has 2 aromatic rings. The summed E-state index contributed by atoms with van der Waals surface area (Å²) in [4.78, 5) is 9.90. The SMILES string of the molecule is CC.Cc1cccc2c1NC(=NCc1nccs1)NS2. The van der Waals surface area contributed by atoms with E-state index >= 15 is 0 Å². The molecule has 0 saturated heterocycles. The minimum absolute atomic E-state index is 0.606. The molecular weight excluding hydrogens is 288 g/mol. The van der Waals surface area contributed by atoms with Crippen LogP contribution < -0.4 is 10.0 Å². The van der Waals surface area contributed by atoms with Crippen LogP contribution in [0.3, 0.4) is 0 Å². The van der Waals surface area contributed by atoms with Crippen LogP contribution in [0.2, 0.25) is 0 Å². The molecule has 1 aromatic carbocycles. The van der Waals surface area contributed by atoms with E-state index in [2.05, 4.69) is 45.1 Å². The molecule has 1 aromatic heterocycles. The normalized spacial score (nSPS) is 14.7. The van der Waals surface area contributed by atoms with Crippen molar-refractivity contribution >= 4 is 34.9 Å². The topological polar surface area (TPSA) is 49.3 Å². The highest BCUT2D eigenvalue weighted by atomic mass is 32.2. The third-order valence-electron chi connectivity index (χ3n) is 2.59. The fourth-order valence-electron chi connectivity index (χ4n) is 1.68. The maximum Gasteiger partial charge on any atom is 0.206 e. The molecule has 0 amide bonds. The number of para-hydroxylation sites is 1. The van der Waals surface area contributed by atoms with Crippen LogP contribution in [0.1, 0.15) is 24.4 Å². The molecule has 1 aliphatic rings. The van der Waals surface area contributed by atoms with Gasteiger partial charge in [-0.3, -0.25) is 4.72 Å². The number of aliphatic imine (C=N–C) groups is 1. The maximum atomic E-state index is 4.49. The summed E-state index contributed by atoms with van der Waals surface area (Å²) in [6, 6.07) is 6.24. The van der Waals surface area contributed by atoms with E-state index in [9.17, 15) is 0 Å². The second kappa shape index (κ2) is 7.31. The molecule has 0 unspecified atom stereocenters. The Morgan fingerprint density at radius 3 is 2.90 bits per heavy atom. The number of aromatic nitrogens is 1.